The number of hydrogen-bond acceptors (Lipinski definition) is 5. The minimum atomic E-state index is -3.66. The molecule has 8 nitrogen and oxygen atoms in total. The van der Waals surface area contributed by atoms with Gasteiger partial charge in [0.05, 0.1) is 16.9 Å². The molecule has 10 heteroatoms. The molecule has 32 heavy (non-hydrogen) atoms. The van der Waals surface area contributed by atoms with Crippen molar-refractivity contribution in [2.24, 2.45) is 5.92 Å². The Balaban J connectivity index is 1.34. The smallest absolute Gasteiger partial charge is 0.240 e. The van der Waals surface area contributed by atoms with Crippen LogP contribution in [0.2, 0.25) is 5.02 Å². The lowest BCUT2D eigenvalue weighted by molar-refractivity contribution is -0.122. The number of nitrogens with one attached hydrogen (secondary N) is 2. The second-order valence-electron chi connectivity index (χ2n) is 7.88. The van der Waals surface area contributed by atoms with Crippen molar-refractivity contribution in [3.05, 3.63) is 53.6 Å². The molecule has 0 aliphatic carbocycles. The molecule has 0 bridgehead atoms. The van der Waals surface area contributed by atoms with Gasteiger partial charge in [-0.15, -0.1) is 0 Å². The highest BCUT2D eigenvalue weighted by Gasteiger charge is 2.35. The van der Waals surface area contributed by atoms with E-state index in [1.54, 1.807) is 29.2 Å². The molecular formula is C22H24ClN3O5S. The Morgan fingerprint density at radius 2 is 1.84 bits per heavy atom. The molecule has 0 saturated carbocycles. The van der Waals surface area contributed by atoms with Gasteiger partial charge in [-0.25, -0.2) is 13.1 Å². The largest absolute Gasteiger partial charge is 0.377 e. The Morgan fingerprint density at radius 3 is 2.50 bits per heavy atom. The molecule has 2 aromatic carbocycles. The number of carbonyl (C=O) groups excluding carboxylic acids is 2. The molecule has 0 spiro atoms. The summed E-state index contributed by atoms with van der Waals surface area (Å²) in [7, 11) is -3.66. The van der Waals surface area contributed by atoms with Crippen LogP contribution in [0.5, 0.6) is 0 Å². The average molecular weight is 478 g/mol. The van der Waals surface area contributed by atoms with E-state index >= 15 is 0 Å². The third-order valence-electron chi connectivity index (χ3n) is 5.59. The van der Waals surface area contributed by atoms with Gasteiger partial charge in [-0.2, -0.15) is 0 Å². The number of anilines is 2. The maximum Gasteiger partial charge on any atom is 0.240 e. The van der Waals surface area contributed by atoms with E-state index < -0.39 is 15.9 Å². The molecule has 2 unspecified atom stereocenters. The third kappa shape index (κ3) is 5.29. The molecule has 2 N–H and O–H groups in total. The van der Waals surface area contributed by atoms with Crippen LogP contribution in [0.15, 0.2) is 53.4 Å². The van der Waals surface area contributed by atoms with Crippen molar-refractivity contribution in [2.75, 3.05) is 29.9 Å². The lowest BCUT2D eigenvalue weighted by Crippen LogP contribution is -2.31. The highest BCUT2D eigenvalue weighted by Crippen LogP contribution is 2.27. The van der Waals surface area contributed by atoms with Crippen LogP contribution < -0.4 is 14.9 Å². The summed E-state index contributed by atoms with van der Waals surface area (Å²) in [5.41, 5.74) is 1.16. The number of amides is 2. The van der Waals surface area contributed by atoms with Crippen LogP contribution >= 0.6 is 11.6 Å². The van der Waals surface area contributed by atoms with Crippen LogP contribution in [0.3, 0.4) is 0 Å². The minimum Gasteiger partial charge on any atom is -0.377 e. The summed E-state index contributed by atoms with van der Waals surface area (Å²) >= 11 is 5.90. The molecule has 2 amide bonds. The van der Waals surface area contributed by atoms with E-state index in [-0.39, 0.29) is 42.3 Å². The average Bonchev–Trinajstić information content (AvgIpc) is 3.43. The van der Waals surface area contributed by atoms with Crippen molar-refractivity contribution in [1.29, 1.82) is 0 Å². The molecule has 2 aromatic rings. The van der Waals surface area contributed by atoms with E-state index in [0.29, 0.717) is 23.0 Å². The summed E-state index contributed by atoms with van der Waals surface area (Å²) in [5.74, 6) is -0.928. The maximum absolute atomic E-state index is 12.7. The topological polar surface area (TPSA) is 105 Å². The van der Waals surface area contributed by atoms with Crippen molar-refractivity contribution >= 4 is 44.8 Å². The van der Waals surface area contributed by atoms with Gasteiger partial charge in [0.25, 0.3) is 0 Å². The molecule has 2 saturated heterocycles. The lowest BCUT2D eigenvalue weighted by Gasteiger charge is -2.17. The number of benzene rings is 2. The summed E-state index contributed by atoms with van der Waals surface area (Å²) in [6.07, 6.45) is 1.79. The first-order chi connectivity index (χ1) is 15.3. The van der Waals surface area contributed by atoms with E-state index in [4.69, 9.17) is 16.3 Å². The first kappa shape index (κ1) is 22.7. The Labute approximate surface area is 191 Å². The molecule has 2 aliphatic rings. The molecule has 0 aromatic heterocycles. The zero-order valence-corrected chi connectivity index (χ0v) is 18.9. The van der Waals surface area contributed by atoms with E-state index in [9.17, 15) is 18.0 Å². The van der Waals surface area contributed by atoms with Gasteiger partial charge < -0.3 is 15.0 Å². The fourth-order valence-electron chi connectivity index (χ4n) is 3.81. The summed E-state index contributed by atoms with van der Waals surface area (Å²) in [6.45, 7) is 1.16. The molecule has 4 rings (SSSR count). The predicted molar refractivity (Wildman–Crippen MR) is 121 cm³/mol. The van der Waals surface area contributed by atoms with E-state index in [2.05, 4.69) is 10.0 Å². The Hall–Kier alpha value is -2.46. The normalized spacial score (nSPS) is 21.2. The van der Waals surface area contributed by atoms with Gasteiger partial charge in [0, 0.05) is 42.5 Å². The molecule has 2 fully saturated rings. The predicted octanol–water partition coefficient (Wildman–Crippen LogP) is 2.79. The second-order valence-corrected chi connectivity index (χ2v) is 10.1. The summed E-state index contributed by atoms with van der Waals surface area (Å²) in [5, 5.41) is 3.34. The standard InChI is InChI=1S/C22H24ClN3O5S/c23-16-3-7-18(8-4-16)26-14-15(12-21(26)27)22(28)25-17-5-9-20(10-6-17)32(29,30)24-13-19-2-1-11-31-19/h3-10,15,19,24H,1-2,11-14H2,(H,25,28). The van der Waals surface area contributed by atoms with Crippen LogP contribution in [0.4, 0.5) is 11.4 Å². The number of ether oxygens (including phenoxy) is 1. The van der Waals surface area contributed by atoms with Gasteiger partial charge in [0.2, 0.25) is 21.8 Å². The van der Waals surface area contributed by atoms with Crippen LogP contribution in [-0.4, -0.2) is 46.0 Å². The monoisotopic (exact) mass is 477 g/mol. The lowest BCUT2D eigenvalue weighted by atomic mass is 10.1. The SMILES string of the molecule is O=C(Nc1ccc(S(=O)(=O)NCC2CCCO2)cc1)C1CC(=O)N(c2ccc(Cl)cc2)C1. The van der Waals surface area contributed by atoms with E-state index in [1.165, 1.54) is 24.3 Å². The highest BCUT2D eigenvalue weighted by molar-refractivity contribution is 7.89. The fourth-order valence-corrected chi connectivity index (χ4v) is 5.00. The number of hydrogen-bond donors (Lipinski definition) is 2. The van der Waals surface area contributed by atoms with Crippen LogP contribution in [-0.2, 0) is 24.3 Å². The van der Waals surface area contributed by atoms with Crippen LogP contribution in [0.25, 0.3) is 0 Å². The summed E-state index contributed by atoms with van der Waals surface area (Å²) < 4.78 is 32.9. The van der Waals surface area contributed by atoms with Crippen molar-refractivity contribution in [2.45, 2.75) is 30.3 Å². The molecule has 0 radical (unpaired) electrons. The summed E-state index contributed by atoms with van der Waals surface area (Å²) in [6, 6.07) is 12.8. The summed E-state index contributed by atoms with van der Waals surface area (Å²) in [4.78, 5) is 26.7. The van der Waals surface area contributed by atoms with Gasteiger partial charge in [-0.1, -0.05) is 11.6 Å². The quantitative estimate of drug-likeness (QED) is 0.638. The van der Waals surface area contributed by atoms with Gasteiger partial charge >= 0.3 is 0 Å². The first-order valence-electron chi connectivity index (χ1n) is 10.4. The minimum absolute atomic E-state index is 0.0927. The highest BCUT2D eigenvalue weighted by atomic mass is 35.5. The van der Waals surface area contributed by atoms with Crippen molar-refractivity contribution in [3.63, 3.8) is 0 Å². The zero-order chi connectivity index (χ0) is 22.7. The maximum atomic E-state index is 12.7. The number of halogens is 1. The molecule has 2 aliphatic heterocycles. The van der Waals surface area contributed by atoms with Gasteiger partial charge in [0.1, 0.15) is 0 Å². The third-order valence-corrected chi connectivity index (χ3v) is 7.28. The Bertz CT molecular complexity index is 1080. The van der Waals surface area contributed by atoms with Gasteiger partial charge in [-0.05, 0) is 61.4 Å². The first-order valence-corrected chi connectivity index (χ1v) is 12.3. The zero-order valence-electron chi connectivity index (χ0n) is 17.3. The number of nitrogens with zero attached hydrogens (tertiary/aromatic N) is 1. The number of carbonyl (C=O) groups is 2. The fraction of sp³-hybridized carbons (Fsp3) is 0.364. The van der Waals surface area contributed by atoms with Gasteiger partial charge in [0.15, 0.2) is 0 Å². The molecule has 2 heterocycles. The second kappa shape index (κ2) is 9.58. The molecular weight excluding hydrogens is 454 g/mol. The Morgan fingerprint density at radius 1 is 1.12 bits per heavy atom. The Kier molecular flexibility index (Phi) is 6.80. The van der Waals surface area contributed by atoms with Crippen molar-refractivity contribution in [3.8, 4) is 0 Å². The number of sulfonamides is 1. The van der Waals surface area contributed by atoms with Crippen LogP contribution in [0.1, 0.15) is 19.3 Å². The van der Waals surface area contributed by atoms with Crippen LogP contribution in [0, 0.1) is 5.92 Å². The molecule has 2 atom stereocenters. The van der Waals surface area contributed by atoms with E-state index in [0.717, 1.165) is 12.8 Å². The number of rotatable bonds is 7. The van der Waals surface area contributed by atoms with Crippen molar-refractivity contribution < 1.29 is 22.7 Å². The van der Waals surface area contributed by atoms with Gasteiger partial charge in [-0.3, -0.25) is 9.59 Å². The van der Waals surface area contributed by atoms with E-state index in [1.807, 2.05) is 0 Å². The molecule has 170 valence electrons. The van der Waals surface area contributed by atoms with Crippen molar-refractivity contribution in [1.82, 2.24) is 4.72 Å².